The second-order valence-corrected chi connectivity index (χ2v) is 3.30. The maximum atomic E-state index is 11.2. The Hall–Kier alpha value is -1.77. The van der Waals surface area contributed by atoms with Crippen molar-refractivity contribution < 1.29 is 14.3 Å². The topological polar surface area (TPSA) is 35.5 Å². The lowest BCUT2D eigenvalue weighted by Crippen LogP contribution is -2.06. The first-order chi connectivity index (χ1) is 7.76. The number of benzene rings is 1. The zero-order valence-electron chi connectivity index (χ0n) is 9.44. The van der Waals surface area contributed by atoms with Crippen LogP contribution >= 0.6 is 0 Å². The summed E-state index contributed by atoms with van der Waals surface area (Å²) < 4.78 is 10.4. The maximum Gasteiger partial charge on any atom is 0.311 e. The van der Waals surface area contributed by atoms with Gasteiger partial charge in [0.2, 0.25) is 0 Å². The molecule has 0 aliphatic rings. The monoisotopic (exact) mass is 220 g/mol. The summed E-state index contributed by atoms with van der Waals surface area (Å²) in [6, 6.07) is 6.95. The molecule has 0 saturated carbocycles. The van der Waals surface area contributed by atoms with E-state index in [1.54, 1.807) is 30.3 Å². The van der Waals surface area contributed by atoms with E-state index in [1.807, 2.05) is 6.92 Å². The van der Waals surface area contributed by atoms with Crippen LogP contribution < -0.4 is 9.47 Å². The van der Waals surface area contributed by atoms with Crippen LogP contribution in [0.25, 0.3) is 0 Å². The van der Waals surface area contributed by atoms with Crippen molar-refractivity contribution in [2.75, 3.05) is 6.61 Å². The molecule has 0 aliphatic carbocycles. The molecule has 0 radical (unpaired) electrons. The molecule has 1 aromatic carbocycles. The van der Waals surface area contributed by atoms with E-state index in [9.17, 15) is 4.79 Å². The highest BCUT2D eigenvalue weighted by Gasteiger charge is 2.02. The van der Waals surface area contributed by atoms with Crippen LogP contribution in [0.4, 0.5) is 0 Å². The minimum absolute atomic E-state index is 0.206. The normalized spacial score (nSPS) is 9.56. The summed E-state index contributed by atoms with van der Waals surface area (Å²) in [7, 11) is 0. The molecule has 1 aromatic rings. The Morgan fingerprint density at radius 2 is 1.94 bits per heavy atom. The second kappa shape index (κ2) is 6.67. The number of hydrogen-bond acceptors (Lipinski definition) is 3. The summed E-state index contributed by atoms with van der Waals surface area (Å²) in [5.74, 6) is 1.07. The zero-order chi connectivity index (χ0) is 11.8. The van der Waals surface area contributed by atoms with Crippen molar-refractivity contribution in [1.82, 2.24) is 0 Å². The second-order valence-electron chi connectivity index (χ2n) is 3.30. The van der Waals surface area contributed by atoms with Crippen LogP contribution in [0.2, 0.25) is 0 Å². The molecule has 0 amide bonds. The zero-order valence-corrected chi connectivity index (χ0v) is 9.44. The molecule has 0 atom stereocenters. The van der Waals surface area contributed by atoms with Gasteiger partial charge in [0.05, 0.1) is 0 Å². The van der Waals surface area contributed by atoms with Crippen LogP contribution in [0.3, 0.4) is 0 Å². The molecule has 1 rings (SSSR count). The van der Waals surface area contributed by atoms with Gasteiger partial charge >= 0.3 is 5.97 Å². The Balaban J connectivity index is 2.50. The van der Waals surface area contributed by atoms with Crippen LogP contribution in [-0.2, 0) is 4.79 Å². The summed E-state index contributed by atoms with van der Waals surface area (Å²) >= 11 is 0. The maximum absolute atomic E-state index is 11.2. The van der Waals surface area contributed by atoms with E-state index < -0.39 is 0 Å². The lowest BCUT2D eigenvalue weighted by Gasteiger charge is -2.05. The third-order valence-electron chi connectivity index (χ3n) is 1.88. The van der Waals surface area contributed by atoms with Gasteiger partial charge in [-0.05, 0) is 30.7 Å². The first-order valence-electron chi connectivity index (χ1n) is 5.30. The van der Waals surface area contributed by atoms with E-state index in [2.05, 4.69) is 6.58 Å². The fourth-order valence-electron chi connectivity index (χ4n) is 1.15. The molecule has 0 aromatic heterocycles. The average molecular weight is 220 g/mol. The van der Waals surface area contributed by atoms with Gasteiger partial charge in [-0.15, -0.1) is 0 Å². The lowest BCUT2D eigenvalue weighted by molar-refractivity contribution is -0.134. The Morgan fingerprint density at radius 1 is 1.31 bits per heavy atom. The first kappa shape index (κ1) is 12.3. The van der Waals surface area contributed by atoms with E-state index in [-0.39, 0.29) is 5.97 Å². The molecule has 0 unspecified atom stereocenters. The Morgan fingerprint density at radius 3 is 2.50 bits per heavy atom. The number of hydrogen-bond donors (Lipinski definition) is 0. The minimum Gasteiger partial charge on any atom is -0.490 e. The van der Waals surface area contributed by atoms with E-state index in [1.165, 1.54) is 0 Å². The van der Waals surface area contributed by atoms with Crippen molar-refractivity contribution in [3.05, 3.63) is 36.9 Å². The van der Waals surface area contributed by atoms with E-state index >= 15 is 0 Å². The molecule has 3 nitrogen and oxygen atoms in total. The summed E-state index contributed by atoms with van der Waals surface area (Å²) in [5.41, 5.74) is 0. The number of esters is 1. The molecule has 86 valence electrons. The molecule has 0 saturated heterocycles. The SMILES string of the molecule is C=CCOc1ccc(OC(=O)CCC)cc1. The smallest absolute Gasteiger partial charge is 0.311 e. The predicted molar refractivity (Wildman–Crippen MR) is 62.7 cm³/mol. The highest BCUT2D eigenvalue weighted by atomic mass is 16.5. The highest BCUT2D eigenvalue weighted by Crippen LogP contribution is 2.18. The highest BCUT2D eigenvalue weighted by molar-refractivity contribution is 5.72. The van der Waals surface area contributed by atoms with Gasteiger partial charge < -0.3 is 9.47 Å². The summed E-state index contributed by atoms with van der Waals surface area (Å²) in [5, 5.41) is 0. The van der Waals surface area contributed by atoms with E-state index in [0.717, 1.165) is 12.2 Å². The Kier molecular flexibility index (Phi) is 5.12. The molecule has 0 aliphatic heterocycles. The van der Waals surface area contributed by atoms with Crippen LogP contribution in [0.15, 0.2) is 36.9 Å². The number of carbonyl (C=O) groups excluding carboxylic acids is 1. The fourth-order valence-corrected chi connectivity index (χ4v) is 1.15. The molecule has 0 spiro atoms. The average Bonchev–Trinajstić information content (AvgIpc) is 2.28. The predicted octanol–water partition coefficient (Wildman–Crippen LogP) is 2.96. The first-order valence-corrected chi connectivity index (χ1v) is 5.30. The van der Waals surface area contributed by atoms with Gasteiger partial charge in [-0.1, -0.05) is 19.6 Å². The van der Waals surface area contributed by atoms with Crippen molar-refractivity contribution >= 4 is 5.97 Å². The van der Waals surface area contributed by atoms with Crippen molar-refractivity contribution in [3.63, 3.8) is 0 Å². The van der Waals surface area contributed by atoms with Gasteiger partial charge in [0, 0.05) is 6.42 Å². The molecule has 3 heteroatoms. The van der Waals surface area contributed by atoms with Crippen molar-refractivity contribution in [2.45, 2.75) is 19.8 Å². The van der Waals surface area contributed by atoms with Gasteiger partial charge in [0.15, 0.2) is 0 Å². The van der Waals surface area contributed by atoms with Crippen LogP contribution in [-0.4, -0.2) is 12.6 Å². The molecule has 0 heterocycles. The van der Waals surface area contributed by atoms with Crippen LogP contribution in [0, 0.1) is 0 Å². The van der Waals surface area contributed by atoms with Gasteiger partial charge in [-0.2, -0.15) is 0 Å². The molecular formula is C13H16O3. The van der Waals surface area contributed by atoms with Gasteiger partial charge in [-0.25, -0.2) is 0 Å². The standard InChI is InChI=1S/C13H16O3/c1-3-5-13(14)16-12-8-6-11(7-9-12)15-10-4-2/h4,6-9H,2-3,5,10H2,1H3. The minimum atomic E-state index is -0.206. The van der Waals surface area contributed by atoms with Crippen molar-refractivity contribution in [2.24, 2.45) is 0 Å². The summed E-state index contributed by atoms with van der Waals surface area (Å²) in [4.78, 5) is 11.2. The third kappa shape index (κ3) is 4.17. The van der Waals surface area contributed by atoms with Gasteiger partial charge in [-0.3, -0.25) is 4.79 Å². The Labute approximate surface area is 95.7 Å². The third-order valence-corrected chi connectivity index (χ3v) is 1.88. The van der Waals surface area contributed by atoms with Gasteiger partial charge in [0.1, 0.15) is 18.1 Å². The van der Waals surface area contributed by atoms with Gasteiger partial charge in [0.25, 0.3) is 0 Å². The quantitative estimate of drug-likeness (QED) is 0.420. The molecule has 0 N–H and O–H groups in total. The van der Waals surface area contributed by atoms with Crippen LogP contribution in [0.5, 0.6) is 11.5 Å². The summed E-state index contributed by atoms with van der Waals surface area (Å²) in [6.45, 7) is 5.96. The molecule has 0 fully saturated rings. The van der Waals surface area contributed by atoms with E-state index in [0.29, 0.717) is 18.8 Å². The number of rotatable bonds is 6. The fraction of sp³-hybridized carbons (Fsp3) is 0.308. The number of ether oxygens (including phenoxy) is 2. The largest absolute Gasteiger partial charge is 0.490 e. The Bertz CT molecular complexity index is 341. The van der Waals surface area contributed by atoms with Crippen molar-refractivity contribution in [3.8, 4) is 11.5 Å². The van der Waals surface area contributed by atoms with E-state index in [4.69, 9.17) is 9.47 Å². The molecule has 0 bridgehead atoms. The molecular weight excluding hydrogens is 204 g/mol. The van der Waals surface area contributed by atoms with Crippen molar-refractivity contribution in [1.29, 1.82) is 0 Å². The molecule has 16 heavy (non-hydrogen) atoms. The summed E-state index contributed by atoms with van der Waals surface area (Å²) in [6.07, 6.45) is 2.91. The van der Waals surface area contributed by atoms with Crippen LogP contribution in [0.1, 0.15) is 19.8 Å². The number of carbonyl (C=O) groups is 1. The lowest BCUT2D eigenvalue weighted by atomic mass is 10.3.